The Hall–Kier alpha value is -4.09. The number of aromatic carboxylic acids is 1. The van der Waals surface area contributed by atoms with E-state index in [4.69, 9.17) is 4.74 Å². The van der Waals surface area contributed by atoms with Crippen LogP contribution in [0.25, 0.3) is 16.7 Å². The SMILES string of the molecule is CC1N(c2nc3c(cc2F)c(=O)c(C(=O)O)cn3-c2ccc(F)cc2F)C[C@H]2C[C@@]12NC(=O)OC(C)(C)C. The summed E-state index contributed by atoms with van der Waals surface area (Å²) in [6.07, 6.45) is 0.948. The number of carboxylic acid groups (broad SMARTS) is 1. The molecule has 1 saturated carbocycles. The second-order valence-corrected chi connectivity index (χ2v) is 10.7. The topological polar surface area (TPSA) is 114 Å². The van der Waals surface area contributed by atoms with Crippen molar-refractivity contribution < 1.29 is 32.6 Å². The number of halogens is 3. The number of hydrogen-bond acceptors (Lipinski definition) is 6. The highest BCUT2D eigenvalue weighted by molar-refractivity contribution is 5.92. The number of anilines is 1. The van der Waals surface area contributed by atoms with Gasteiger partial charge in [-0.3, -0.25) is 9.36 Å². The molecule has 3 heterocycles. The van der Waals surface area contributed by atoms with Crippen LogP contribution in [-0.2, 0) is 4.74 Å². The van der Waals surface area contributed by atoms with Crippen LogP contribution in [0.3, 0.4) is 0 Å². The van der Waals surface area contributed by atoms with Crippen LogP contribution in [0.5, 0.6) is 0 Å². The van der Waals surface area contributed by atoms with Crippen LogP contribution >= 0.6 is 0 Å². The number of carboxylic acids is 1. The lowest BCUT2D eigenvalue weighted by Crippen LogP contribution is -2.50. The Morgan fingerprint density at radius 3 is 2.53 bits per heavy atom. The Labute approximate surface area is 214 Å². The van der Waals surface area contributed by atoms with Crippen molar-refractivity contribution in [1.82, 2.24) is 14.9 Å². The van der Waals surface area contributed by atoms with Crippen molar-refractivity contribution in [2.45, 2.75) is 51.3 Å². The number of pyridine rings is 2. The molecule has 0 spiro atoms. The first-order valence-electron chi connectivity index (χ1n) is 11.9. The van der Waals surface area contributed by atoms with Crippen LogP contribution in [0.15, 0.2) is 35.3 Å². The minimum absolute atomic E-state index is 0.00645. The second kappa shape index (κ2) is 8.47. The molecule has 0 bridgehead atoms. The average Bonchev–Trinajstić information content (AvgIpc) is 3.42. The summed E-state index contributed by atoms with van der Waals surface area (Å²) in [5.74, 6) is -4.53. The van der Waals surface area contributed by atoms with Gasteiger partial charge in [0.2, 0.25) is 5.43 Å². The van der Waals surface area contributed by atoms with Crippen LogP contribution in [-0.4, -0.2) is 50.4 Å². The Bertz CT molecular complexity index is 1570. The Kier molecular flexibility index (Phi) is 5.69. The van der Waals surface area contributed by atoms with Gasteiger partial charge in [-0.05, 0) is 52.3 Å². The quantitative estimate of drug-likeness (QED) is 0.524. The Morgan fingerprint density at radius 2 is 1.89 bits per heavy atom. The molecule has 12 heteroatoms. The molecule has 1 aliphatic carbocycles. The number of amides is 1. The van der Waals surface area contributed by atoms with E-state index in [1.165, 1.54) is 0 Å². The maximum Gasteiger partial charge on any atom is 0.408 e. The standard InChI is InChI=1S/C26H25F3N4O5/c1-12-26(31-24(37)38-25(2,3)4)9-13(26)10-32(12)22-18(29)8-15-20(34)16(23(35)36)11-33(21(15)30-22)19-6-5-14(27)7-17(19)28/h5-8,11-13H,9-10H2,1-4H3,(H,31,37)(H,35,36)/t12?,13-,26-/m1/s1. The summed E-state index contributed by atoms with van der Waals surface area (Å²) in [7, 11) is 0. The molecule has 38 heavy (non-hydrogen) atoms. The van der Waals surface area contributed by atoms with Gasteiger partial charge in [0.1, 0.15) is 22.8 Å². The number of nitrogens with one attached hydrogen (secondary N) is 1. The summed E-state index contributed by atoms with van der Waals surface area (Å²) in [5.41, 5.74) is -3.57. The summed E-state index contributed by atoms with van der Waals surface area (Å²) >= 11 is 0. The zero-order valence-electron chi connectivity index (χ0n) is 21.0. The molecule has 3 aromatic rings. The van der Waals surface area contributed by atoms with Crippen LogP contribution in [0, 0.1) is 23.4 Å². The number of aromatic nitrogens is 2. The number of hydrogen-bond donors (Lipinski definition) is 2. The van der Waals surface area contributed by atoms with E-state index < -0.39 is 57.7 Å². The number of benzene rings is 1. The van der Waals surface area contributed by atoms with Gasteiger partial charge in [0, 0.05) is 24.7 Å². The van der Waals surface area contributed by atoms with Gasteiger partial charge in [-0.1, -0.05) is 0 Å². The largest absolute Gasteiger partial charge is 0.477 e. The molecule has 3 atom stereocenters. The van der Waals surface area contributed by atoms with Gasteiger partial charge in [0.15, 0.2) is 17.3 Å². The van der Waals surface area contributed by atoms with E-state index in [1.54, 1.807) is 32.6 Å². The molecular weight excluding hydrogens is 505 g/mol. The van der Waals surface area contributed by atoms with Gasteiger partial charge in [-0.15, -0.1) is 0 Å². The van der Waals surface area contributed by atoms with Crippen molar-refractivity contribution in [1.29, 1.82) is 0 Å². The molecule has 2 N–H and O–H groups in total. The third-order valence-corrected chi connectivity index (χ3v) is 7.10. The van der Waals surface area contributed by atoms with Crippen molar-refractivity contribution in [2.24, 2.45) is 5.92 Å². The fourth-order valence-electron chi connectivity index (χ4n) is 5.21. The zero-order chi connectivity index (χ0) is 27.7. The lowest BCUT2D eigenvalue weighted by molar-refractivity contribution is 0.0489. The van der Waals surface area contributed by atoms with Gasteiger partial charge in [0.05, 0.1) is 22.7 Å². The van der Waals surface area contributed by atoms with Gasteiger partial charge < -0.3 is 20.1 Å². The second-order valence-electron chi connectivity index (χ2n) is 10.7. The van der Waals surface area contributed by atoms with E-state index in [-0.39, 0.29) is 28.5 Å². The Balaban J connectivity index is 1.61. The van der Waals surface area contributed by atoms with E-state index in [0.29, 0.717) is 19.0 Å². The maximum atomic E-state index is 15.4. The van der Waals surface area contributed by atoms with E-state index in [0.717, 1.165) is 29.0 Å². The summed E-state index contributed by atoms with van der Waals surface area (Å²) in [6, 6.07) is 3.09. The van der Waals surface area contributed by atoms with Gasteiger partial charge in [0.25, 0.3) is 0 Å². The number of alkyl carbamates (subject to hydrolysis) is 1. The lowest BCUT2D eigenvalue weighted by Gasteiger charge is -2.31. The number of carbonyl (C=O) groups is 2. The Morgan fingerprint density at radius 1 is 1.18 bits per heavy atom. The number of ether oxygens (including phenoxy) is 1. The summed E-state index contributed by atoms with van der Waals surface area (Å²) in [5, 5.41) is 12.0. The predicted molar refractivity (Wildman–Crippen MR) is 131 cm³/mol. The van der Waals surface area contributed by atoms with Crippen molar-refractivity contribution in [2.75, 3.05) is 11.4 Å². The van der Waals surface area contributed by atoms with Crippen LogP contribution in [0.1, 0.15) is 44.5 Å². The maximum absolute atomic E-state index is 15.4. The van der Waals surface area contributed by atoms with Crippen LogP contribution in [0.4, 0.5) is 23.8 Å². The van der Waals surface area contributed by atoms with Crippen molar-refractivity contribution >= 4 is 28.9 Å². The fourth-order valence-corrected chi connectivity index (χ4v) is 5.21. The molecular formula is C26H25F3N4O5. The molecule has 1 saturated heterocycles. The van der Waals surface area contributed by atoms with Crippen molar-refractivity contribution in [3.8, 4) is 5.69 Å². The van der Waals surface area contributed by atoms with E-state index >= 15 is 4.39 Å². The summed E-state index contributed by atoms with van der Waals surface area (Å²) in [4.78, 5) is 43.0. The summed E-state index contributed by atoms with van der Waals surface area (Å²) < 4.78 is 50.1. The summed E-state index contributed by atoms with van der Waals surface area (Å²) in [6.45, 7) is 7.37. The van der Waals surface area contributed by atoms with Gasteiger partial charge >= 0.3 is 12.1 Å². The van der Waals surface area contributed by atoms with E-state index in [9.17, 15) is 28.3 Å². The third kappa shape index (κ3) is 4.13. The number of fused-ring (bicyclic) bond motifs is 2. The highest BCUT2D eigenvalue weighted by atomic mass is 19.1. The minimum atomic E-state index is -1.60. The van der Waals surface area contributed by atoms with E-state index in [1.807, 2.05) is 0 Å². The lowest BCUT2D eigenvalue weighted by atomic mass is 10.1. The minimum Gasteiger partial charge on any atom is -0.477 e. The van der Waals surface area contributed by atoms with Gasteiger partial charge in [-0.25, -0.2) is 27.7 Å². The molecule has 0 radical (unpaired) electrons. The zero-order valence-corrected chi connectivity index (χ0v) is 21.0. The van der Waals surface area contributed by atoms with Crippen LogP contribution in [0.2, 0.25) is 0 Å². The highest BCUT2D eigenvalue weighted by Crippen LogP contribution is 2.54. The van der Waals surface area contributed by atoms with Crippen molar-refractivity contribution in [3.05, 3.63) is 63.7 Å². The first kappa shape index (κ1) is 25.6. The molecule has 200 valence electrons. The van der Waals surface area contributed by atoms with Crippen molar-refractivity contribution in [3.63, 3.8) is 0 Å². The number of piperidine rings is 1. The predicted octanol–water partition coefficient (Wildman–Crippen LogP) is 3.99. The number of nitrogens with zero attached hydrogens (tertiary/aromatic N) is 3. The normalized spacial score (nSPS) is 22.3. The first-order valence-corrected chi connectivity index (χ1v) is 11.9. The molecule has 2 aromatic heterocycles. The molecule has 1 aliphatic heterocycles. The molecule has 2 fully saturated rings. The molecule has 5 rings (SSSR count). The molecule has 9 nitrogen and oxygen atoms in total. The van der Waals surface area contributed by atoms with E-state index in [2.05, 4.69) is 10.3 Å². The molecule has 1 aromatic carbocycles. The average molecular weight is 531 g/mol. The van der Waals surface area contributed by atoms with Crippen LogP contribution < -0.4 is 15.6 Å². The third-order valence-electron chi connectivity index (χ3n) is 7.10. The highest BCUT2D eigenvalue weighted by Gasteiger charge is 2.66. The monoisotopic (exact) mass is 530 g/mol. The number of carbonyl (C=O) groups excluding carboxylic acids is 1. The fraction of sp³-hybridized carbons (Fsp3) is 0.385. The first-order chi connectivity index (χ1) is 17.7. The molecule has 1 amide bonds. The molecule has 1 unspecified atom stereocenters. The smallest absolute Gasteiger partial charge is 0.408 e. The molecule has 2 aliphatic rings. The van der Waals surface area contributed by atoms with Gasteiger partial charge in [-0.2, -0.15) is 0 Å². The number of rotatable bonds is 4.